The minimum absolute atomic E-state index is 0.263. The molecule has 0 unspecified atom stereocenters. The Balaban J connectivity index is 2.21. The Labute approximate surface area is 98.8 Å². The topological polar surface area (TPSA) is 52.6 Å². The van der Waals surface area contributed by atoms with Gasteiger partial charge < -0.3 is 9.47 Å². The molecule has 1 aromatic carbocycles. The second-order valence-electron chi connectivity index (χ2n) is 3.91. The normalized spacial score (nSPS) is 13.6. The van der Waals surface area contributed by atoms with E-state index in [1.165, 1.54) is 0 Å². The third-order valence-corrected chi connectivity index (χ3v) is 2.42. The third kappa shape index (κ3) is 2.53. The molecule has 4 heteroatoms. The maximum Gasteiger partial charge on any atom is 0.338 e. The zero-order valence-electron chi connectivity index (χ0n) is 9.49. The van der Waals surface area contributed by atoms with Gasteiger partial charge >= 0.3 is 11.9 Å². The van der Waals surface area contributed by atoms with E-state index < -0.39 is 5.97 Å². The smallest absolute Gasteiger partial charge is 0.338 e. The molecule has 1 heterocycles. The lowest BCUT2D eigenvalue weighted by atomic mass is 10.1. The van der Waals surface area contributed by atoms with E-state index in [1.807, 2.05) is 0 Å². The van der Waals surface area contributed by atoms with Crippen molar-refractivity contribution in [2.24, 2.45) is 0 Å². The second kappa shape index (κ2) is 4.41. The molecule has 1 aromatic rings. The molecule has 17 heavy (non-hydrogen) atoms. The first-order valence-corrected chi connectivity index (χ1v) is 5.27. The predicted octanol–water partition coefficient (Wildman–Crippen LogP) is 2.02. The number of esters is 2. The van der Waals surface area contributed by atoms with Crippen LogP contribution in [0.2, 0.25) is 0 Å². The molecule has 0 spiro atoms. The molecule has 0 bridgehead atoms. The predicted molar refractivity (Wildman–Crippen MR) is 60.8 cm³/mol. The maximum atomic E-state index is 11.3. The minimum atomic E-state index is -0.493. The molecule has 0 fully saturated rings. The van der Waals surface area contributed by atoms with Gasteiger partial charge in [-0.3, -0.25) is 4.79 Å². The molecule has 0 saturated carbocycles. The molecule has 0 saturated heterocycles. The number of aryl methyl sites for hydroxylation is 1. The van der Waals surface area contributed by atoms with Crippen LogP contribution in [0.4, 0.5) is 0 Å². The number of ether oxygens (including phenoxy) is 2. The van der Waals surface area contributed by atoms with Crippen LogP contribution in [0.1, 0.15) is 18.9 Å². The number of fused-ring (bicyclic) bond motifs is 1. The molecule has 1 aliphatic heterocycles. The minimum Gasteiger partial charge on any atom is -0.426 e. The summed E-state index contributed by atoms with van der Waals surface area (Å²) in [6.07, 6.45) is 1.04. The molecule has 0 atom stereocenters. The highest BCUT2D eigenvalue weighted by atomic mass is 16.5. The lowest BCUT2D eigenvalue weighted by Crippen LogP contribution is -2.16. The van der Waals surface area contributed by atoms with E-state index in [0.717, 1.165) is 5.56 Å². The zero-order chi connectivity index (χ0) is 12.4. The average molecular weight is 232 g/mol. The van der Waals surface area contributed by atoms with E-state index in [0.29, 0.717) is 29.9 Å². The molecule has 0 aromatic heterocycles. The number of rotatable bonds is 2. The average Bonchev–Trinajstić information content (AvgIpc) is 2.28. The first-order chi connectivity index (χ1) is 8.06. The molecule has 2 rings (SSSR count). The van der Waals surface area contributed by atoms with Crippen LogP contribution in [-0.2, 0) is 16.0 Å². The largest absolute Gasteiger partial charge is 0.426 e. The fraction of sp³-hybridized carbons (Fsp3) is 0.231. The highest BCUT2D eigenvalue weighted by Gasteiger charge is 2.18. The number of hydrogen-bond donors (Lipinski definition) is 0. The fourth-order valence-electron chi connectivity index (χ4n) is 1.50. The molecule has 0 radical (unpaired) electrons. The molecule has 1 aliphatic rings. The van der Waals surface area contributed by atoms with Crippen LogP contribution in [-0.4, -0.2) is 11.9 Å². The summed E-state index contributed by atoms with van der Waals surface area (Å²) in [7, 11) is 0. The quantitative estimate of drug-likeness (QED) is 0.444. The summed E-state index contributed by atoms with van der Waals surface area (Å²) in [6, 6.07) is 5.02. The molecular formula is C13H12O4. The maximum absolute atomic E-state index is 11.3. The van der Waals surface area contributed by atoms with Gasteiger partial charge in [-0.1, -0.05) is 12.6 Å². The molecule has 0 amide bonds. The van der Waals surface area contributed by atoms with Crippen molar-refractivity contribution in [3.63, 3.8) is 0 Å². The van der Waals surface area contributed by atoms with Gasteiger partial charge in [0.05, 0.1) is 6.42 Å². The van der Waals surface area contributed by atoms with Crippen LogP contribution in [0.15, 0.2) is 30.4 Å². The van der Waals surface area contributed by atoms with Gasteiger partial charge in [0, 0.05) is 11.6 Å². The lowest BCUT2D eigenvalue weighted by molar-refractivity contribution is -0.135. The highest BCUT2D eigenvalue weighted by Crippen LogP contribution is 2.29. The molecule has 0 aliphatic carbocycles. The van der Waals surface area contributed by atoms with E-state index in [9.17, 15) is 9.59 Å². The van der Waals surface area contributed by atoms with E-state index >= 15 is 0 Å². The van der Waals surface area contributed by atoms with Crippen molar-refractivity contribution >= 4 is 11.9 Å². The van der Waals surface area contributed by atoms with E-state index in [-0.39, 0.29) is 5.97 Å². The summed E-state index contributed by atoms with van der Waals surface area (Å²) >= 11 is 0. The molecular weight excluding hydrogens is 220 g/mol. The molecule has 0 N–H and O–H groups in total. The van der Waals surface area contributed by atoms with Crippen LogP contribution in [0.3, 0.4) is 0 Å². The third-order valence-electron chi connectivity index (χ3n) is 2.42. The summed E-state index contributed by atoms with van der Waals surface area (Å²) in [5, 5.41) is 0. The first-order valence-electron chi connectivity index (χ1n) is 5.27. The van der Waals surface area contributed by atoms with Crippen LogP contribution < -0.4 is 9.47 Å². The number of hydrogen-bond acceptors (Lipinski definition) is 4. The van der Waals surface area contributed by atoms with Crippen molar-refractivity contribution in [3.05, 3.63) is 35.9 Å². The standard InChI is InChI=1S/C13H12O4/c1-8(2)13(15)16-10-5-3-9-4-6-12(14)17-11(9)7-10/h3,5,7H,1,4,6H2,2H3. The van der Waals surface area contributed by atoms with Crippen molar-refractivity contribution in [2.75, 3.05) is 0 Å². The van der Waals surface area contributed by atoms with Crippen molar-refractivity contribution in [3.8, 4) is 11.5 Å². The SMILES string of the molecule is C=C(C)C(=O)Oc1ccc2c(c1)OC(=O)CC2. The monoisotopic (exact) mass is 232 g/mol. The van der Waals surface area contributed by atoms with Gasteiger partial charge in [0.15, 0.2) is 0 Å². The first kappa shape index (κ1) is 11.4. The Morgan fingerprint density at radius 3 is 2.88 bits per heavy atom. The Kier molecular flexibility index (Phi) is 2.95. The Hall–Kier alpha value is -2.10. The van der Waals surface area contributed by atoms with Gasteiger partial charge in [0.1, 0.15) is 11.5 Å². The molecule has 4 nitrogen and oxygen atoms in total. The summed E-state index contributed by atoms with van der Waals surface area (Å²) < 4.78 is 10.1. The van der Waals surface area contributed by atoms with E-state index in [4.69, 9.17) is 9.47 Å². The van der Waals surface area contributed by atoms with Gasteiger partial charge in [-0.2, -0.15) is 0 Å². The van der Waals surface area contributed by atoms with E-state index in [2.05, 4.69) is 6.58 Å². The number of carbonyl (C=O) groups excluding carboxylic acids is 2. The Bertz CT molecular complexity index is 502. The zero-order valence-corrected chi connectivity index (χ0v) is 9.49. The van der Waals surface area contributed by atoms with Crippen molar-refractivity contribution in [1.82, 2.24) is 0 Å². The van der Waals surface area contributed by atoms with Gasteiger partial charge in [-0.15, -0.1) is 0 Å². The van der Waals surface area contributed by atoms with Gasteiger partial charge in [0.25, 0.3) is 0 Å². The van der Waals surface area contributed by atoms with Crippen LogP contribution in [0.25, 0.3) is 0 Å². The number of benzene rings is 1. The summed E-state index contributed by atoms with van der Waals surface area (Å²) in [5.74, 6) is 0.0627. The highest BCUT2D eigenvalue weighted by molar-refractivity contribution is 5.88. The fourth-order valence-corrected chi connectivity index (χ4v) is 1.50. The summed E-state index contributed by atoms with van der Waals surface area (Å²) in [5.41, 5.74) is 1.26. The summed E-state index contributed by atoms with van der Waals surface area (Å²) in [6.45, 7) is 5.06. The lowest BCUT2D eigenvalue weighted by Gasteiger charge is -2.16. The van der Waals surface area contributed by atoms with Gasteiger partial charge in [0.2, 0.25) is 0 Å². The van der Waals surface area contributed by atoms with Crippen molar-refractivity contribution in [1.29, 1.82) is 0 Å². The van der Waals surface area contributed by atoms with E-state index in [1.54, 1.807) is 25.1 Å². The second-order valence-corrected chi connectivity index (χ2v) is 3.91. The van der Waals surface area contributed by atoms with Gasteiger partial charge in [-0.25, -0.2) is 4.79 Å². The van der Waals surface area contributed by atoms with Gasteiger partial charge in [-0.05, 0) is 25.0 Å². The van der Waals surface area contributed by atoms with Crippen LogP contribution in [0.5, 0.6) is 11.5 Å². The molecule has 88 valence electrons. The van der Waals surface area contributed by atoms with Crippen LogP contribution >= 0.6 is 0 Å². The Morgan fingerprint density at radius 2 is 2.18 bits per heavy atom. The summed E-state index contributed by atoms with van der Waals surface area (Å²) in [4.78, 5) is 22.4. The Morgan fingerprint density at radius 1 is 1.41 bits per heavy atom. The number of carbonyl (C=O) groups is 2. The van der Waals surface area contributed by atoms with Crippen molar-refractivity contribution < 1.29 is 19.1 Å². The van der Waals surface area contributed by atoms with Crippen molar-refractivity contribution in [2.45, 2.75) is 19.8 Å². The van der Waals surface area contributed by atoms with Crippen LogP contribution in [0, 0.1) is 0 Å².